The highest BCUT2D eigenvalue weighted by Gasteiger charge is 2.18. The molecule has 0 spiro atoms. The molecule has 2 aromatic heterocycles. The molecule has 8 heteroatoms. The number of anilines is 1. The quantitative estimate of drug-likeness (QED) is 0.755. The summed E-state index contributed by atoms with van der Waals surface area (Å²) in [4.78, 5) is 0. The maximum Gasteiger partial charge on any atom is 0.271 e. The minimum Gasteiger partial charge on any atom is -0.284 e. The number of nitrogens with one attached hydrogen (secondary N) is 2. The van der Waals surface area contributed by atoms with Gasteiger partial charge in [0.2, 0.25) is 0 Å². The summed E-state index contributed by atoms with van der Waals surface area (Å²) >= 11 is 4.64. The standard InChI is InChI=1S/C11H8BrN3O2S2/c12-9-2-1-3-10-8(9)4-11(18-10)19(16,17)15-7-5-13-14-6-7/h1-6,15H,(H,13,14). The van der Waals surface area contributed by atoms with Gasteiger partial charge in [-0.2, -0.15) is 5.10 Å². The summed E-state index contributed by atoms with van der Waals surface area (Å²) < 4.78 is 29.0. The molecule has 0 amide bonds. The summed E-state index contributed by atoms with van der Waals surface area (Å²) in [6.07, 6.45) is 2.90. The molecule has 2 N–H and O–H groups in total. The Morgan fingerprint density at radius 2 is 2.21 bits per heavy atom. The van der Waals surface area contributed by atoms with E-state index in [2.05, 4.69) is 30.8 Å². The zero-order chi connectivity index (χ0) is 13.5. The number of rotatable bonds is 3. The Labute approximate surface area is 121 Å². The Morgan fingerprint density at radius 1 is 1.37 bits per heavy atom. The zero-order valence-corrected chi connectivity index (χ0v) is 12.6. The minimum atomic E-state index is -3.57. The van der Waals surface area contributed by atoms with Gasteiger partial charge < -0.3 is 0 Å². The van der Waals surface area contributed by atoms with Gasteiger partial charge in [-0.3, -0.25) is 9.82 Å². The monoisotopic (exact) mass is 357 g/mol. The molecule has 19 heavy (non-hydrogen) atoms. The van der Waals surface area contributed by atoms with Crippen molar-refractivity contribution in [2.45, 2.75) is 4.21 Å². The summed E-state index contributed by atoms with van der Waals surface area (Å²) in [6.45, 7) is 0. The number of thiophene rings is 1. The predicted molar refractivity (Wildman–Crippen MR) is 78.9 cm³/mol. The predicted octanol–water partition coefficient (Wildman–Crippen LogP) is 3.19. The molecule has 2 heterocycles. The normalized spacial score (nSPS) is 11.8. The number of sulfonamides is 1. The van der Waals surface area contributed by atoms with Crippen LogP contribution in [-0.4, -0.2) is 18.6 Å². The molecule has 3 aromatic rings. The number of hydrogen-bond acceptors (Lipinski definition) is 4. The summed E-state index contributed by atoms with van der Waals surface area (Å²) in [7, 11) is -3.57. The molecule has 3 rings (SSSR count). The topological polar surface area (TPSA) is 74.8 Å². The van der Waals surface area contributed by atoms with E-state index < -0.39 is 10.0 Å². The van der Waals surface area contributed by atoms with E-state index in [1.807, 2.05) is 18.2 Å². The van der Waals surface area contributed by atoms with Gasteiger partial charge in [0.1, 0.15) is 4.21 Å². The molecule has 0 saturated heterocycles. The van der Waals surface area contributed by atoms with Gasteiger partial charge in [0.25, 0.3) is 10.0 Å². The summed E-state index contributed by atoms with van der Waals surface area (Å²) in [6, 6.07) is 7.31. The average Bonchev–Trinajstić information content (AvgIpc) is 2.97. The molecule has 0 fully saturated rings. The zero-order valence-electron chi connectivity index (χ0n) is 9.42. The Bertz CT molecular complexity index is 825. The van der Waals surface area contributed by atoms with E-state index in [1.165, 1.54) is 23.7 Å². The van der Waals surface area contributed by atoms with Crippen molar-refractivity contribution in [2.24, 2.45) is 0 Å². The number of halogens is 1. The summed E-state index contributed by atoms with van der Waals surface area (Å²) in [5.74, 6) is 0. The molecule has 0 unspecified atom stereocenters. The smallest absolute Gasteiger partial charge is 0.271 e. The first-order valence-corrected chi connectivity index (χ1v) is 8.35. The second kappa shape index (κ2) is 4.62. The Hall–Kier alpha value is -1.38. The molecule has 0 bridgehead atoms. The van der Waals surface area contributed by atoms with E-state index in [0.717, 1.165) is 14.6 Å². The third kappa shape index (κ3) is 2.38. The van der Waals surface area contributed by atoms with Crippen LogP contribution in [0.2, 0.25) is 0 Å². The van der Waals surface area contributed by atoms with Crippen LogP contribution in [-0.2, 0) is 10.0 Å². The first-order valence-electron chi connectivity index (χ1n) is 5.26. The molecular weight excluding hydrogens is 350 g/mol. The van der Waals surface area contributed by atoms with Crippen molar-refractivity contribution in [2.75, 3.05) is 4.72 Å². The number of aromatic nitrogens is 2. The third-order valence-electron chi connectivity index (χ3n) is 2.50. The van der Waals surface area contributed by atoms with Crippen LogP contribution in [0.25, 0.3) is 10.1 Å². The number of fused-ring (bicyclic) bond motifs is 1. The summed E-state index contributed by atoms with van der Waals surface area (Å²) in [5, 5.41) is 7.15. The van der Waals surface area contributed by atoms with Gasteiger partial charge >= 0.3 is 0 Å². The second-order valence-electron chi connectivity index (χ2n) is 3.81. The molecule has 0 aliphatic carbocycles. The van der Waals surface area contributed by atoms with Crippen LogP contribution < -0.4 is 4.72 Å². The van der Waals surface area contributed by atoms with Gasteiger partial charge in [-0.05, 0) is 18.2 Å². The largest absolute Gasteiger partial charge is 0.284 e. The van der Waals surface area contributed by atoms with Gasteiger partial charge in [0, 0.05) is 20.8 Å². The van der Waals surface area contributed by atoms with Crippen molar-refractivity contribution >= 4 is 53.1 Å². The van der Waals surface area contributed by atoms with Crippen LogP contribution >= 0.6 is 27.3 Å². The number of hydrogen-bond donors (Lipinski definition) is 2. The van der Waals surface area contributed by atoms with Crippen molar-refractivity contribution in [3.8, 4) is 0 Å². The highest BCUT2D eigenvalue weighted by atomic mass is 79.9. The molecule has 0 atom stereocenters. The number of aromatic amines is 1. The lowest BCUT2D eigenvalue weighted by Crippen LogP contribution is -2.10. The van der Waals surface area contributed by atoms with Gasteiger partial charge in [0.15, 0.2) is 0 Å². The van der Waals surface area contributed by atoms with Gasteiger partial charge in [-0.15, -0.1) is 11.3 Å². The van der Waals surface area contributed by atoms with Crippen molar-refractivity contribution in [3.63, 3.8) is 0 Å². The highest BCUT2D eigenvalue weighted by molar-refractivity contribution is 9.10. The van der Waals surface area contributed by atoms with Crippen molar-refractivity contribution < 1.29 is 8.42 Å². The van der Waals surface area contributed by atoms with Crippen molar-refractivity contribution in [1.82, 2.24) is 10.2 Å². The fraction of sp³-hybridized carbons (Fsp3) is 0. The van der Waals surface area contributed by atoms with Gasteiger partial charge in [-0.25, -0.2) is 8.42 Å². The third-order valence-corrected chi connectivity index (χ3v) is 6.15. The minimum absolute atomic E-state index is 0.274. The van der Waals surface area contributed by atoms with Crippen molar-refractivity contribution in [3.05, 3.63) is 41.1 Å². The van der Waals surface area contributed by atoms with Crippen LogP contribution in [0.5, 0.6) is 0 Å². The molecule has 0 aliphatic heterocycles. The van der Waals surface area contributed by atoms with E-state index in [1.54, 1.807) is 6.07 Å². The Kier molecular flexibility index (Phi) is 3.08. The number of H-pyrrole nitrogens is 1. The van der Waals surface area contributed by atoms with E-state index in [9.17, 15) is 8.42 Å². The van der Waals surface area contributed by atoms with Gasteiger partial charge in [0.05, 0.1) is 11.9 Å². The number of benzene rings is 1. The Morgan fingerprint density at radius 3 is 2.89 bits per heavy atom. The van der Waals surface area contributed by atoms with Crippen LogP contribution in [0.4, 0.5) is 5.69 Å². The molecule has 98 valence electrons. The fourth-order valence-electron chi connectivity index (χ4n) is 1.65. The van der Waals surface area contributed by atoms with Crippen LogP contribution in [0.3, 0.4) is 0 Å². The first kappa shape index (κ1) is 12.6. The van der Waals surface area contributed by atoms with Crippen LogP contribution in [0.15, 0.2) is 45.3 Å². The maximum absolute atomic E-state index is 12.2. The lowest BCUT2D eigenvalue weighted by molar-refractivity contribution is 0.603. The van der Waals surface area contributed by atoms with Crippen LogP contribution in [0.1, 0.15) is 0 Å². The van der Waals surface area contributed by atoms with E-state index in [4.69, 9.17) is 0 Å². The molecule has 5 nitrogen and oxygen atoms in total. The van der Waals surface area contributed by atoms with Crippen molar-refractivity contribution in [1.29, 1.82) is 0 Å². The lowest BCUT2D eigenvalue weighted by Gasteiger charge is -2.01. The molecular formula is C11H8BrN3O2S2. The molecule has 0 saturated carbocycles. The van der Waals surface area contributed by atoms with E-state index in [0.29, 0.717) is 5.69 Å². The first-order chi connectivity index (χ1) is 9.06. The van der Waals surface area contributed by atoms with E-state index >= 15 is 0 Å². The van der Waals surface area contributed by atoms with E-state index in [-0.39, 0.29) is 4.21 Å². The van der Waals surface area contributed by atoms with Gasteiger partial charge in [-0.1, -0.05) is 22.0 Å². The summed E-state index contributed by atoms with van der Waals surface area (Å²) in [5.41, 5.74) is 0.413. The fourth-order valence-corrected chi connectivity index (χ4v) is 4.71. The number of nitrogens with zero attached hydrogens (tertiary/aromatic N) is 1. The average molecular weight is 358 g/mol. The second-order valence-corrected chi connectivity index (χ2v) is 7.66. The Balaban J connectivity index is 2.06. The SMILES string of the molecule is O=S(=O)(Nc1cn[nH]c1)c1cc2c(Br)cccc2s1. The maximum atomic E-state index is 12.2. The molecule has 1 aromatic carbocycles. The lowest BCUT2D eigenvalue weighted by atomic mass is 10.3. The molecule has 0 aliphatic rings. The van der Waals surface area contributed by atoms with Crippen LogP contribution in [0, 0.1) is 0 Å². The highest BCUT2D eigenvalue weighted by Crippen LogP contribution is 2.34. The molecule has 0 radical (unpaired) electrons.